The van der Waals surface area contributed by atoms with Crippen LogP contribution >= 0.6 is 0 Å². The van der Waals surface area contributed by atoms with Gasteiger partial charge < -0.3 is 23.8 Å². The number of carbonyl (C=O) groups excluding carboxylic acids is 2. The topological polar surface area (TPSA) is 61.8 Å². The van der Waals surface area contributed by atoms with Gasteiger partial charge in [0.1, 0.15) is 12.6 Å². The lowest BCUT2D eigenvalue weighted by molar-refractivity contribution is -0.208. The van der Waals surface area contributed by atoms with Gasteiger partial charge in [-0.2, -0.15) is 0 Å². The Bertz CT molecular complexity index is 433. The third-order valence-corrected chi connectivity index (χ3v) is 5.30. The number of hydrogen-bond donors (Lipinski definition) is 0. The fraction of sp³-hybridized carbons (Fsp3) is 0.786. The first-order valence-corrected chi connectivity index (χ1v) is 13.4. The highest BCUT2D eigenvalue weighted by atomic mass is 16.8. The van der Waals surface area contributed by atoms with Crippen molar-refractivity contribution in [2.75, 3.05) is 13.2 Å². The zero-order chi connectivity index (χ0) is 24.2. The summed E-state index contributed by atoms with van der Waals surface area (Å²) in [4.78, 5) is 21.1. The molecule has 0 amide bonds. The van der Waals surface area contributed by atoms with Gasteiger partial charge >= 0.3 is 0 Å². The first-order chi connectivity index (χ1) is 16.3. The largest absolute Gasteiger partial charge is 0.349 e. The van der Waals surface area contributed by atoms with Crippen LogP contribution < -0.4 is 0 Å². The molecule has 0 aromatic heterocycles. The maximum absolute atomic E-state index is 10.5. The van der Waals surface area contributed by atoms with E-state index in [1.165, 1.54) is 38.5 Å². The summed E-state index contributed by atoms with van der Waals surface area (Å²) in [6, 6.07) is 0. The fourth-order valence-electron chi connectivity index (χ4n) is 3.28. The van der Waals surface area contributed by atoms with E-state index in [-0.39, 0.29) is 0 Å². The second kappa shape index (κ2) is 26.9. The van der Waals surface area contributed by atoms with Crippen LogP contribution in [-0.2, 0) is 23.8 Å². The predicted molar refractivity (Wildman–Crippen MR) is 136 cm³/mol. The molecule has 0 N–H and O–H groups in total. The Hall–Kier alpha value is -1.30. The second-order valence-electron chi connectivity index (χ2n) is 8.49. The Kier molecular flexibility index (Phi) is 25.9. The van der Waals surface area contributed by atoms with Gasteiger partial charge in [-0.05, 0) is 50.7 Å². The lowest BCUT2D eigenvalue weighted by Crippen LogP contribution is -2.25. The lowest BCUT2D eigenvalue weighted by Gasteiger charge is -2.22. The predicted octanol–water partition coefficient (Wildman–Crippen LogP) is 7.48. The van der Waals surface area contributed by atoms with Gasteiger partial charge in [0.05, 0.1) is 13.2 Å². The van der Waals surface area contributed by atoms with Gasteiger partial charge in [-0.3, -0.25) is 0 Å². The minimum absolute atomic E-state index is 0.475. The summed E-state index contributed by atoms with van der Waals surface area (Å²) in [6.07, 6.45) is 25.2. The van der Waals surface area contributed by atoms with Crippen LogP contribution in [-0.4, -0.2) is 38.4 Å². The minimum Gasteiger partial charge on any atom is -0.349 e. The van der Waals surface area contributed by atoms with E-state index in [1.54, 1.807) is 0 Å². The van der Waals surface area contributed by atoms with Gasteiger partial charge in [0.15, 0.2) is 12.6 Å². The van der Waals surface area contributed by atoms with Crippen LogP contribution in [0.1, 0.15) is 117 Å². The van der Waals surface area contributed by atoms with Crippen LogP contribution in [0.25, 0.3) is 0 Å². The number of rotatable bonds is 26. The second-order valence-corrected chi connectivity index (χ2v) is 8.49. The molecule has 0 rings (SSSR count). The van der Waals surface area contributed by atoms with E-state index in [1.807, 2.05) is 24.3 Å². The van der Waals surface area contributed by atoms with E-state index in [4.69, 9.17) is 14.2 Å². The van der Waals surface area contributed by atoms with Crippen molar-refractivity contribution in [3.8, 4) is 0 Å². The van der Waals surface area contributed by atoms with Crippen LogP contribution in [0.2, 0.25) is 0 Å². The highest BCUT2D eigenvalue weighted by Crippen LogP contribution is 2.12. The van der Waals surface area contributed by atoms with Crippen molar-refractivity contribution in [3.63, 3.8) is 0 Å². The average Bonchev–Trinajstić information content (AvgIpc) is 2.82. The van der Waals surface area contributed by atoms with Crippen LogP contribution in [0, 0.1) is 0 Å². The van der Waals surface area contributed by atoms with Gasteiger partial charge in [0.2, 0.25) is 0 Å². The summed E-state index contributed by atoms with van der Waals surface area (Å²) in [5, 5.41) is 0. The Morgan fingerprint density at radius 1 is 0.545 bits per heavy atom. The first-order valence-electron chi connectivity index (χ1n) is 13.4. The highest BCUT2D eigenvalue weighted by molar-refractivity contribution is 5.49. The standard InChI is InChI=1S/C28H50O5/c1-3-5-7-13-19-25-31-27(21-15-9-11-17-23-29)33-28(22-16-10-12-18-24-30)32-26-20-14-8-6-4-2/h15-16,21-24,27-28H,3-14,17-20,25-26H2,1-2H3. The average molecular weight is 467 g/mol. The third kappa shape index (κ3) is 23.6. The molecular formula is C28H50O5. The van der Waals surface area contributed by atoms with E-state index in [2.05, 4.69) is 13.8 Å². The maximum atomic E-state index is 10.5. The number of unbranched alkanes of at least 4 members (excludes halogenated alkanes) is 12. The van der Waals surface area contributed by atoms with Crippen molar-refractivity contribution in [1.29, 1.82) is 0 Å². The monoisotopic (exact) mass is 466 g/mol. The number of aldehydes is 2. The van der Waals surface area contributed by atoms with Gasteiger partial charge in [-0.15, -0.1) is 0 Å². The normalized spacial score (nSPS) is 13.6. The number of hydrogen-bond acceptors (Lipinski definition) is 5. The Morgan fingerprint density at radius 3 is 1.36 bits per heavy atom. The molecule has 0 aromatic rings. The van der Waals surface area contributed by atoms with Crippen LogP contribution in [0.5, 0.6) is 0 Å². The van der Waals surface area contributed by atoms with E-state index in [9.17, 15) is 9.59 Å². The number of allylic oxidation sites excluding steroid dienone is 2. The van der Waals surface area contributed by atoms with Crippen LogP contribution in [0.4, 0.5) is 0 Å². The van der Waals surface area contributed by atoms with Gasteiger partial charge in [0.25, 0.3) is 0 Å². The van der Waals surface area contributed by atoms with Crippen molar-refractivity contribution in [2.45, 2.75) is 129 Å². The summed E-state index contributed by atoms with van der Waals surface area (Å²) < 4.78 is 18.2. The number of ether oxygens (including phenoxy) is 3. The fourth-order valence-corrected chi connectivity index (χ4v) is 3.28. The van der Waals surface area contributed by atoms with E-state index < -0.39 is 12.6 Å². The third-order valence-electron chi connectivity index (χ3n) is 5.30. The Morgan fingerprint density at radius 2 is 0.970 bits per heavy atom. The molecule has 192 valence electrons. The van der Waals surface area contributed by atoms with Crippen molar-refractivity contribution in [3.05, 3.63) is 24.3 Å². The summed E-state index contributed by atoms with van der Waals surface area (Å²) in [7, 11) is 0. The van der Waals surface area contributed by atoms with Crippen molar-refractivity contribution >= 4 is 12.6 Å². The van der Waals surface area contributed by atoms with E-state index in [0.29, 0.717) is 26.1 Å². The molecule has 0 aromatic carbocycles. The molecule has 0 fully saturated rings. The lowest BCUT2D eigenvalue weighted by atomic mass is 10.2. The van der Waals surface area contributed by atoms with Gasteiger partial charge in [-0.1, -0.05) is 77.4 Å². The first kappa shape index (κ1) is 31.7. The molecule has 0 bridgehead atoms. The molecule has 5 heteroatoms. The zero-order valence-electron chi connectivity index (χ0n) is 21.4. The van der Waals surface area contributed by atoms with Crippen LogP contribution in [0.3, 0.4) is 0 Å². The molecule has 0 spiro atoms. The molecule has 5 nitrogen and oxygen atoms in total. The quantitative estimate of drug-likeness (QED) is 0.0572. The van der Waals surface area contributed by atoms with E-state index >= 15 is 0 Å². The van der Waals surface area contributed by atoms with Gasteiger partial charge in [0, 0.05) is 12.8 Å². The smallest absolute Gasteiger partial charge is 0.180 e. The molecule has 2 unspecified atom stereocenters. The van der Waals surface area contributed by atoms with Crippen molar-refractivity contribution in [1.82, 2.24) is 0 Å². The molecule has 0 saturated carbocycles. The van der Waals surface area contributed by atoms with Crippen LogP contribution in [0.15, 0.2) is 24.3 Å². The minimum atomic E-state index is -0.475. The summed E-state index contributed by atoms with van der Waals surface area (Å²) in [5.41, 5.74) is 0. The maximum Gasteiger partial charge on any atom is 0.180 e. The molecule has 2 atom stereocenters. The SMILES string of the molecule is CCCCCCCOC(C=CCCCC=O)OC(C=CCCCC=O)OCCCCCCC. The van der Waals surface area contributed by atoms with Gasteiger partial charge in [-0.25, -0.2) is 0 Å². The summed E-state index contributed by atoms with van der Waals surface area (Å²) in [6.45, 7) is 5.73. The molecule has 33 heavy (non-hydrogen) atoms. The zero-order valence-corrected chi connectivity index (χ0v) is 21.4. The summed E-state index contributed by atoms with van der Waals surface area (Å²) in [5.74, 6) is 0. The molecule has 0 heterocycles. The molecular weight excluding hydrogens is 416 g/mol. The molecule has 0 radical (unpaired) electrons. The van der Waals surface area contributed by atoms with E-state index in [0.717, 1.165) is 63.9 Å². The van der Waals surface area contributed by atoms with Crippen molar-refractivity contribution in [2.24, 2.45) is 0 Å². The Balaban J connectivity index is 4.76. The highest BCUT2D eigenvalue weighted by Gasteiger charge is 2.13. The molecule has 0 saturated heterocycles. The molecule has 0 aliphatic carbocycles. The summed E-state index contributed by atoms with van der Waals surface area (Å²) >= 11 is 0. The molecule has 0 aliphatic heterocycles. The Labute approximate surface area is 203 Å². The number of carbonyl (C=O) groups is 2. The molecule has 0 aliphatic rings. The van der Waals surface area contributed by atoms with Crippen molar-refractivity contribution < 1.29 is 23.8 Å².